The fourth-order valence-corrected chi connectivity index (χ4v) is 5.17. The zero-order chi connectivity index (χ0) is 16.9. The van der Waals surface area contributed by atoms with Crippen molar-refractivity contribution in [3.8, 4) is 0 Å². The molecule has 1 aliphatic carbocycles. The van der Waals surface area contributed by atoms with Crippen LogP contribution in [0.2, 0.25) is 0 Å². The van der Waals surface area contributed by atoms with Crippen molar-refractivity contribution in [1.82, 2.24) is 4.90 Å². The van der Waals surface area contributed by atoms with Gasteiger partial charge in [-0.05, 0) is 50.2 Å². The molecule has 1 N–H and O–H groups in total. The Morgan fingerprint density at radius 1 is 1.29 bits per heavy atom. The number of aliphatic hydroxyl groups is 1. The summed E-state index contributed by atoms with van der Waals surface area (Å²) in [5, 5.41) is 10.3. The van der Waals surface area contributed by atoms with Crippen molar-refractivity contribution >= 4 is 5.91 Å². The number of benzene rings is 1. The number of aliphatic hydroxyl groups excluding tert-OH is 1. The molecule has 4 rings (SSSR count). The summed E-state index contributed by atoms with van der Waals surface area (Å²) in [5.74, 6) is 0.100. The summed E-state index contributed by atoms with van der Waals surface area (Å²) >= 11 is 0. The van der Waals surface area contributed by atoms with Crippen molar-refractivity contribution in [2.75, 3.05) is 6.54 Å². The average Bonchev–Trinajstić information content (AvgIpc) is 2.99. The van der Waals surface area contributed by atoms with E-state index in [0.29, 0.717) is 5.57 Å². The minimum atomic E-state index is -0.0820. The molecule has 1 amide bonds. The second-order valence-electron chi connectivity index (χ2n) is 7.41. The van der Waals surface area contributed by atoms with Gasteiger partial charge in [0.05, 0.1) is 11.3 Å². The fraction of sp³-hybridized carbons (Fsp3) is 0.476. The first-order valence-corrected chi connectivity index (χ1v) is 9.09. The SMILES string of the molecule is CC[C@]12CCCN3C(=O)/C(=C(\C)O)[C@H](c4ccccc4)C(=C31)CC2. The van der Waals surface area contributed by atoms with Crippen LogP contribution in [0.5, 0.6) is 0 Å². The van der Waals surface area contributed by atoms with Crippen LogP contribution in [0.15, 0.2) is 52.9 Å². The Hall–Kier alpha value is -2.03. The van der Waals surface area contributed by atoms with Crippen LogP contribution in [0.25, 0.3) is 0 Å². The molecule has 0 saturated carbocycles. The van der Waals surface area contributed by atoms with E-state index < -0.39 is 0 Å². The first kappa shape index (κ1) is 15.5. The minimum absolute atomic E-state index is 0.0158. The van der Waals surface area contributed by atoms with Gasteiger partial charge in [-0.3, -0.25) is 4.79 Å². The zero-order valence-electron chi connectivity index (χ0n) is 14.5. The summed E-state index contributed by atoms with van der Waals surface area (Å²) in [4.78, 5) is 15.2. The van der Waals surface area contributed by atoms with Gasteiger partial charge in [-0.15, -0.1) is 0 Å². The van der Waals surface area contributed by atoms with Gasteiger partial charge in [0.15, 0.2) is 0 Å². The van der Waals surface area contributed by atoms with Crippen LogP contribution >= 0.6 is 0 Å². The molecular weight excluding hydrogens is 298 g/mol. The number of rotatable bonds is 2. The molecule has 2 heterocycles. The smallest absolute Gasteiger partial charge is 0.258 e. The predicted molar refractivity (Wildman–Crippen MR) is 94.4 cm³/mol. The molecule has 126 valence electrons. The van der Waals surface area contributed by atoms with E-state index in [2.05, 4.69) is 19.1 Å². The maximum atomic E-state index is 13.2. The number of amides is 1. The molecule has 1 aromatic rings. The van der Waals surface area contributed by atoms with Crippen molar-refractivity contribution in [3.05, 3.63) is 58.5 Å². The third-order valence-corrected chi connectivity index (χ3v) is 6.30. The van der Waals surface area contributed by atoms with Crippen molar-refractivity contribution in [2.45, 2.75) is 51.9 Å². The van der Waals surface area contributed by atoms with E-state index in [-0.39, 0.29) is 23.0 Å². The summed E-state index contributed by atoms with van der Waals surface area (Å²) in [7, 11) is 0. The molecule has 2 aliphatic heterocycles. The number of carbonyl (C=O) groups is 1. The van der Waals surface area contributed by atoms with Gasteiger partial charge in [0.1, 0.15) is 0 Å². The molecule has 3 heteroatoms. The number of piperidine rings is 1. The lowest BCUT2D eigenvalue weighted by Crippen LogP contribution is -2.46. The summed E-state index contributed by atoms with van der Waals surface area (Å²) in [6, 6.07) is 10.2. The van der Waals surface area contributed by atoms with Crippen LogP contribution in [0.1, 0.15) is 57.4 Å². The highest BCUT2D eigenvalue weighted by atomic mass is 16.3. The van der Waals surface area contributed by atoms with E-state index in [1.54, 1.807) is 6.92 Å². The second-order valence-corrected chi connectivity index (χ2v) is 7.41. The molecule has 0 aromatic heterocycles. The minimum Gasteiger partial charge on any atom is -0.512 e. The Balaban J connectivity index is 1.97. The van der Waals surface area contributed by atoms with Crippen LogP contribution in [0, 0.1) is 5.41 Å². The Bertz CT molecular complexity index is 742. The summed E-state index contributed by atoms with van der Waals surface area (Å²) in [6.45, 7) is 4.70. The fourth-order valence-electron chi connectivity index (χ4n) is 5.17. The molecule has 2 atom stereocenters. The largest absolute Gasteiger partial charge is 0.512 e. The van der Waals surface area contributed by atoms with Crippen molar-refractivity contribution < 1.29 is 9.90 Å². The molecule has 1 fully saturated rings. The monoisotopic (exact) mass is 323 g/mol. The number of hydrogen-bond acceptors (Lipinski definition) is 2. The van der Waals surface area contributed by atoms with Crippen molar-refractivity contribution in [2.24, 2.45) is 5.41 Å². The van der Waals surface area contributed by atoms with Gasteiger partial charge < -0.3 is 10.0 Å². The van der Waals surface area contributed by atoms with Gasteiger partial charge in [-0.25, -0.2) is 0 Å². The van der Waals surface area contributed by atoms with Gasteiger partial charge in [-0.2, -0.15) is 0 Å². The Labute approximate surface area is 143 Å². The van der Waals surface area contributed by atoms with Crippen LogP contribution in [-0.2, 0) is 4.79 Å². The molecule has 0 unspecified atom stereocenters. The highest BCUT2D eigenvalue weighted by molar-refractivity contribution is 5.99. The highest BCUT2D eigenvalue weighted by Gasteiger charge is 2.52. The molecule has 1 aromatic carbocycles. The average molecular weight is 323 g/mol. The quantitative estimate of drug-likeness (QED) is 0.634. The third kappa shape index (κ3) is 2.00. The molecule has 0 spiro atoms. The summed E-state index contributed by atoms with van der Waals surface area (Å²) in [5.41, 5.74) is 4.53. The topological polar surface area (TPSA) is 40.5 Å². The molecule has 24 heavy (non-hydrogen) atoms. The molecule has 0 bridgehead atoms. The normalized spacial score (nSPS) is 31.3. The number of carbonyl (C=O) groups excluding carboxylic acids is 1. The lowest BCUT2D eigenvalue weighted by molar-refractivity contribution is -0.128. The standard InChI is InChI=1S/C21H25NO2/c1-3-21-11-7-13-22-19(21)16(10-12-21)18(15-8-5-4-6-9-15)17(14(2)23)20(22)24/h4-6,8-9,18,23H,3,7,10-13H2,1-2H3/b17-14+/t18-,21-/m1/s1. The lowest BCUT2D eigenvalue weighted by atomic mass is 9.72. The first-order chi connectivity index (χ1) is 11.6. The molecule has 3 aliphatic rings. The van der Waals surface area contributed by atoms with E-state index in [0.717, 1.165) is 37.8 Å². The van der Waals surface area contributed by atoms with Crippen LogP contribution in [0.3, 0.4) is 0 Å². The Kier molecular flexibility index (Phi) is 3.56. The lowest BCUT2D eigenvalue weighted by Gasteiger charge is -2.46. The maximum absolute atomic E-state index is 13.2. The highest BCUT2D eigenvalue weighted by Crippen LogP contribution is 2.59. The Morgan fingerprint density at radius 2 is 2.04 bits per heavy atom. The van der Waals surface area contributed by atoms with E-state index in [1.165, 1.54) is 17.7 Å². The van der Waals surface area contributed by atoms with Crippen molar-refractivity contribution in [3.63, 3.8) is 0 Å². The van der Waals surface area contributed by atoms with Gasteiger partial charge in [0, 0.05) is 23.6 Å². The Morgan fingerprint density at radius 3 is 2.71 bits per heavy atom. The predicted octanol–water partition coefficient (Wildman–Crippen LogP) is 4.68. The van der Waals surface area contributed by atoms with E-state index >= 15 is 0 Å². The van der Waals surface area contributed by atoms with Gasteiger partial charge >= 0.3 is 0 Å². The molecular formula is C21H25NO2. The number of nitrogens with zero attached hydrogens (tertiary/aromatic N) is 1. The third-order valence-electron chi connectivity index (χ3n) is 6.30. The summed E-state index contributed by atoms with van der Waals surface area (Å²) in [6.07, 6.45) is 5.51. The van der Waals surface area contributed by atoms with E-state index in [1.807, 2.05) is 23.1 Å². The van der Waals surface area contributed by atoms with Crippen LogP contribution in [0.4, 0.5) is 0 Å². The van der Waals surface area contributed by atoms with Gasteiger partial charge in [-0.1, -0.05) is 37.3 Å². The van der Waals surface area contributed by atoms with E-state index in [9.17, 15) is 9.90 Å². The van der Waals surface area contributed by atoms with E-state index in [4.69, 9.17) is 0 Å². The molecule has 3 nitrogen and oxygen atoms in total. The molecule has 1 saturated heterocycles. The molecule has 0 radical (unpaired) electrons. The van der Waals surface area contributed by atoms with Crippen LogP contribution in [-0.4, -0.2) is 22.5 Å². The van der Waals surface area contributed by atoms with Crippen molar-refractivity contribution in [1.29, 1.82) is 0 Å². The maximum Gasteiger partial charge on any atom is 0.258 e. The zero-order valence-corrected chi connectivity index (χ0v) is 14.5. The van der Waals surface area contributed by atoms with Gasteiger partial charge in [0.2, 0.25) is 0 Å². The summed E-state index contributed by atoms with van der Waals surface area (Å²) < 4.78 is 0. The number of allylic oxidation sites excluding steroid dienone is 3. The first-order valence-electron chi connectivity index (χ1n) is 9.09. The second kappa shape index (κ2) is 5.51. The van der Waals surface area contributed by atoms with Gasteiger partial charge in [0.25, 0.3) is 5.91 Å². The number of hydrogen-bond donors (Lipinski definition) is 1. The van der Waals surface area contributed by atoms with Crippen LogP contribution < -0.4 is 0 Å².